The van der Waals surface area contributed by atoms with E-state index in [1.165, 1.54) is 4.31 Å². The summed E-state index contributed by atoms with van der Waals surface area (Å²) < 4.78 is 28.1. The molecule has 0 aliphatic carbocycles. The topological polar surface area (TPSA) is 129 Å². The molecule has 1 aromatic carbocycles. The van der Waals surface area contributed by atoms with E-state index in [0.717, 1.165) is 30.6 Å². The lowest BCUT2D eigenvalue weighted by molar-refractivity contribution is -0.140. The first kappa shape index (κ1) is 24.2. The maximum Gasteiger partial charge on any atom is 0.250 e. The Morgan fingerprint density at radius 2 is 1.79 bits per heavy atom. The van der Waals surface area contributed by atoms with Crippen molar-refractivity contribution in [2.75, 3.05) is 45.0 Å². The maximum atomic E-state index is 13.4. The fourth-order valence-electron chi connectivity index (χ4n) is 4.85. The van der Waals surface area contributed by atoms with E-state index in [2.05, 4.69) is 4.99 Å². The van der Waals surface area contributed by atoms with Gasteiger partial charge in [-0.3, -0.25) is 10.0 Å². The number of hydrogen-bond acceptors (Lipinski definition) is 6. The van der Waals surface area contributed by atoms with Crippen molar-refractivity contribution in [1.82, 2.24) is 19.6 Å². The van der Waals surface area contributed by atoms with Crippen LogP contribution >= 0.6 is 0 Å². The Balaban J connectivity index is 1.46. The van der Waals surface area contributed by atoms with Crippen LogP contribution in [-0.4, -0.2) is 84.6 Å². The monoisotopic (exact) mass is 486 g/mol. The first-order chi connectivity index (χ1) is 16.4. The van der Waals surface area contributed by atoms with Crippen LogP contribution in [-0.2, 0) is 14.8 Å². The minimum absolute atomic E-state index is 0.232. The summed E-state index contributed by atoms with van der Waals surface area (Å²) in [4.78, 5) is 20.6. The number of carbonyl (C=O) groups excluding carboxylic acids is 1. The number of piperidine rings is 1. The van der Waals surface area contributed by atoms with Crippen LogP contribution in [0.3, 0.4) is 0 Å². The third kappa shape index (κ3) is 4.94. The van der Waals surface area contributed by atoms with E-state index in [-0.39, 0.29) is 25.1 Å². The number of hydrogen-bond donors (Lipinski definition) is 2. The molecule has 2 saturated heterocycles. The molecule has 1 aromatic rings. The van der Waals surface area contributed by atoms with E-state index >= 15 is 0 Å². The molecule has 2 N–H and O–H groups in total. The van der Waals surface area contributed by atoms with Gasteiger partial charge in [-0.1, -0.05) is 36.4 Å². The van der Waals surface area contributed by atoms with E-state index in [9.17, 15) is 18.4 Å². The van der Waals surface area contributed by atoms with Gasteiger partial charge in [0.1, 0.15) is 0 Å². The standard InChI is InChI=1S/C23H30N6O4S/c24-18-25-22(27-11-4-12-27)28-15-9-23(10-16-28,21(30)26-31)17-34(32,33)29-13-7-20(8-14-29)19-5-2-1-3-6-19/h1-3,5-7,31H,4,8-17H2,(H,26,30). The first-order valence-electron chi connectivity index (χ1n) is 11.5. The van der Waals surface area contributed by atoms with Crippen molar-refractivity contribution in [1.29, 1.82) is 5.26 Å². The van der Waals surface area contributed by atoms with Gasteiger partial charge < -0.3 is 9.80 Å². The fourth-order valence-corrected chi connectivity index (χ4v) is 6.82. The van der Waals surface area contributed by atoms with Crippen LogP contribution in [0.4, 0.5) is 0 Å². The summed E-state index contributed by atoms with van der Waals surface area (Å²) in [6.07, 6.45) is 5.86. The van der Waals surface area contributed by atoms with E-state index in [1.807, 2.05) is 52.4 Å². The number of likely N-dealkylation sites (tertiary alicyclic amines) is 2. The smallest absolute Gasteiger partial charge is 0.250 e. The van der Waals surface area contributed by atoms with Crippen molar-refractivity contribution in [2.24, 2.45) is 10.4 Å². The third-order valence-electron chi connectivity index (χ3n) is 7.04. The number of carbonyl (C=O) groups is 1. The summed E-state index contributed by atoms with van der Waals surface area (Å²) in [7, 11) is -3.75. The molecule has 182 valence electrons. The van der Waals surface area contributed by atoms with Crippen LogP contribution in [0.1, 0.15) is 31.2 Å². The molecule has 34 heavy (non-hydrogen) atoms. The molecule has 1 amide bonds. The largest absolute Gasteiger partial charge is 0.342 e. The molecule has 4 rings (SSSR count). The van der Waals surface area contributed by atoms with Gasteiger partial charge in [0.2, 0.25) is 22.2 Å². The lowest BCUT2D eigenvalue weighted by Crippen LogP contribution is -2.58. The van der Waals surface area contributed by atoms with Crippen molar-refractivity contribution in [3.63, 3.8) is 0 Å². The number of nitrogens with zero attached hydrogens (tertiary/aromatic N) is 5. The number of aliphatic imine (C=N–C) groups is 1. The number of nitriles is 1. The number of hydroxylamine groups is 1. The number of nitrogens with one attached hydrogen (secondary N) is 1. The molecule has 0 aromatic heterocycles. The highest BCUT2D eigenvalue weighted by molar-refractivity contribution is 7.89. The second-order valence-electron chi connectivity index (χ2n) is 9.02. The molecule has 0 radical (unpaired) electrons. The number of guanidine groups is 1. The SMILES string of the molecule is N#CN=C(N1CCC1)N1CCC(CS(=O)(=O)N2CC=C(c3ccccc3)CC2)(C(=O)NO)CC1. The lowest BCUT2D eigenvalue weighted by atomic mass is 9.79. The van der Waals surface area contributed by atoms with E-state index in [1.54, 1.807) is 5.48 Å². The van der Waals surface area contributed by atoms with Crippen LogP contribution in [0.25, 0.3) is 5.57 Å². The van der Waals surface area contributed by atoms with Crippen molar-refractivity contribution >= 4 is 27.5 Å². The predicted molar refractivity (Wildman–Crippen MR) is 127 cm³/mol. The number of benzene rings is 1. The molecule has 11 heteroatoms. The van der Waals surface area contributed by atoms with Crippen molar-refractivity contribution in [2.45, 2.75) is 25.7 Å². The zero-order valence-electron chi connectivity index (χ0n) is 19.1. The Kier molecular flexibility index (Phi) is 7.21. The molecule has 0 bridgehead atoms. The zero-order valence-corrected chi connectivity index (χ0v) is 19.9. The van der Waals surface area contributed by atoms with Gasteiger partial charge in [-0.05, 0) is 36.8 Å². The molecule has 0 spiro atoms. The van der Waals surface area contributed by atoms with Gasteiger partial charge in [-0.15, -0.1) is 4.99 Å². The normalized spacial score (nSPS) is 21.3. The fraction of sp³-hybridized carbons (Fsp3) is 0.522. The molecular weight excluding hydrogens is 456 g/mol. The summed E-state index contributed by atoms with van der Waals surface area (Å²) in [5.41, 5.74) is 2.64. The summed E-state index contributed by atoms with van der Waals surface area (Å²) in [6, 6.07) is 9.87. The van der Waals surface area contributed by atoms with Crippen molar-refractivity contribution in [3.8, 4) is 6.19 Å². The quantitative estimate of drug-likeness (QED) is 0.211. The summed E-state index contributed by atoms with van der Waals surface area (Å²) in [5.74, 6) is -0.483. The highest BCUT2D eigenvalue weighted by atomic mass is 32.2. The highest BCUT2D eigenvalue weighted by Crippen LogP contribution is 2.36. The van der Waals surface area contributed by atoms with Crippen molar-refractivity contribution < 1.29 is 18.4 Å². The molecule has 0 unspecified atom stereocenters. The van der Waals surface area contributed by atoms with Gasteiger partial charge in [-0.25, -0.2) is 13.9 Å². The molecule has 3 aliphatic heterocycles. The van der Waals surface area contributed by atoms with Crippen LogP contribution in [0.2, 0.25) is 0 Å². The van der Waals surface area contributed by atoms with E-state index < -0.39 is 21.3 Å². The van der Waals surface area contributed by atoms with Gasteiger partial charge in [-0.2, -0.15) is 9.57 Å². The summed E-state index contributed by atoms with van der Waals surface area (Å²) in [6.45, 7) is 2.99. The Bertz CT molecular complexity index is 1100. The number of sulfonamides is 1. The third-order valence-corrected chi connectivity index (χ3v) is 9.08. The summed E-state index contributed by atoms with van der Waals surface area (Å²) in [5, 5.41) is 18.5. The van der Waals surface area contributed by atoms with Crippen LogP contribution in [0.5, 0.6) is 0 Å². The Morgan fingerprint density at radius 3 is 2.32 bits per heavy atom. The average Bonchev–Trinajstić information content (AvgIpc) is 2.83. The Labute approximate surface area is 200 Å². The average molecular weight is 487 g/mol. The van der Waals surface area contributed by atoms with Gasteiger partial charge in [0, 0.05) is 39.3 Å². The lowest BCUT2D eigenvalue weighted by Gasteiger charge is -2.45. The van der Waals surface area contributed by atoms with E-state index in [0.29, 0.717) is 32.0 Å². The molecule has 2 fully saturated rings. The van der Waals surface area contributed by atoms with Crippen LogP contribution in [0, 0.1) is 16.9 Å². The minimum atomic E-state index is -3.75. The first-order valence-corrected chi connectivity index (χ1v) is 13.1. The van der Waals surface area contributed by atoms with Crippen molar-refractivity contribution in [3.05, 3.63) is 42.0 Å². The second-order valence-corrected chi connectivity index (χ2v) is 11.0. The van der Waals surface area contributed by atoms with Gasteiger partial charge in [0.25, 0.3) is 5.91 Å². The molecule has 10 nitrogen and oxygen atoms in total. The molecule has 3 heterocycles. The van der Waals surface area contributed by atoms with Gasteiger partial charge in [0.15, 0.2) is 0 Å². The highest BCUT2D eigenvalue weighted by Gasteiger charge is 2.47. The minimum Gasteiger partial charge on any atom is -0.342 e. The Morgan fingerprint density at radius 1 is 1.12 bits per heavy atom. The maximum absolute atomic E-state index is 13.4. The van der Waals surface area contributed by atoms with Gasteiger partial charge in [0.05, 0.1) is 11.2 Å². The molecular formula is C23H30N6O4S. The molecule has 3 aliphatic rings. The molecule has 0 saturated carbocycles. The second kappa shape index (κ2) is 10.1. The van der Waals surface area contributed by atoms with Crippen LogP contribution in [0.15, 0.2) is 41.4 Å². The van der Waals surface area contributed by atoms with Crippen LogP contribution < -0.4 is 5.48 Å². The Hall–Kier alpha value is -2.94. The van der Waals surface area contributed by atoms with Gasteiger partial charge >= 0.3 is 0 Å². The van der Waals surface area contributed by atoms with E-state index in [4.69, 9.17) is 5.26 Å². The predicted octanol–water partition coefficient (Wildman–Crippen LogP) is 1.24. The number of amides is 1. The summed E-state index contributed by atoms with van der Waals surface area (Å²) >= 11 is 0. The molecule has 0 atom stereocenters. The zero-order chi connectivity index (χ0) is 24.2. The number of rotatable bonds is 5.